The fraction of sp³-hybridized carbons (Fsp3) is 0.235. The largest absolute Gasteiger partial charge is 0.496 e. The second-order valence-electron chi connectivity index (χ2n) is 5.26. The molecule has 0 aromatic heterocycles. The summed E-state index contributed by atoms with van der Waals surface area (Å²) in [5.74, 6) is -3.40. The van der Waals surface area contributed by atoms with Crippen LogP contribution in [0.2, 0.25) is 0 Å². The first-order valence-electron chi connectivity index (χ1n) is 7.19. The minimum absolute atomic E-state index is 0.0651. The van der Waals surface area contributed by atoms with Crippen molar-refractivity contribution in [1.82, 2.24) is 4.90 Å². The van der Waals surface area contributed by atoms with Crippen molar-refractivity contribution in [1.29, 1.82) is 0 Å². The van der Waals surface area contributed by atoms with E-state index in [1.165, 1.54) is 23.8 Å². The van der Waals surface area contributed by atoms with Crippen molar-refractivity contribution in [2.45, 2.75) is 11.9 Å². The maximum absolute atomic E-state index is 13.9. The van der Waals surface area contributed by atoms with Gasteiger partial charge in [0.1, 0.15) is 11.1 Å². The zero-order valence-electron chi connectivity index (χ0n) is 12.8. The molecule has 7 heteroatoms. The predicted octanol–water partition coefficient (Wildman–Crippen LogP) is 3.89. The Hall–Kier alpha value is -2.15. The van der Waals surface area contributed by atoms with Crippen LogP contribution in [0.1, 0.15) is 16.5 Å². The maximum atomic E-state index is 13.9. The average molecular weight is 353 g/mol. The molecule has 1 atom stereocenters. The molecule has 24 heavy (non-hydrogen) atoms. The summed E-state index contributed by atoms with van der Waals surface area (Å²) in [5, 5.41) is -0.374. The monoisotopic (exact) mass is 353 g/mol. The quantitative estimate of drug-likeness (QED) is 0.781. The Balaban J connectivity index is 1.94. The first-order chi connectivity index (χ1) is 11.5. The first-order valence-corrected chi connectivity index (χ1v) is 8.24. The Morgan fingerprint density at radius 2 is 1.92 bits per heavy atom. The van der Waals surface area contributed by atoms with Crippen molar-refractivity contribution in [3.05, 3.63) is 65.0 Å². The molecule has 1 fully saturated rings. The molecule has 2 aromatic rings. The molecule has 1 aliphatic rings. The van der Waals surface area contributed by atoms with Crippen molar-refractivity contribution >= 4 is 17.7 Å². The zero-order chi connectivity index (χ0) is 17.3. The summed E-state index contributed by atoms with van der Waals surface area (Å²) in [7, 11) is 1.53. The van der Waals surface area contributed by atoms with E-state index in [1.54, 1.807) is 6.07 Å². The lowest BCUT2D eigenvalue weighted by Crippen LogP contribution is -2.28. The van der Waals surface area contributed by atoms with Gasteiger partial charge < -0.3 is 9.64 Å². The lowest BCUT2D eigenvalue weighted by Gasteiger charge is -2.25. The molecular formula is C17H14F3NO2S. The summed E-state index contributed by atoms with van der Waals surface area (Å²) < 4.78 is 45.7. The molecule has 1 saturated heterocycles. The second-order valence-corrected chi connectivity index (χ2v) is 6.33. The van der Waals surface area contributed by atoms with E-state index in [9.17, 15) is 18.0 Å². The molecule has 2 aromatic carbocycles. The molecule has 3 nitrogen and oxygen atoms in total. The minimum atomic E-state index is -1.53. The van der Waals surface area contributed by atoms with Crippen LogP contribution in [0.3, 0.4) is 0 Å². The van der Waals surface area contributed by atoms with Crippen LogP contribution in [-0.2, 0) is 11.3 Å². The standard InChI is InChI=1S/C17H14F3NO2S/c1-23-13-5-3-2-4-11(13)17-21(14(22)9-24-17)8-10-6-7-12(18)16(20)15(10)19/h2-7,17H,8-9H2,1H3. The third-order valence-corrected chi connectivity index (χ3v) is 5.07. The number of halogens is 3. The van der Waals surface area contributed by atoms with E-state index in [-0.39, 0.29) is 29.1 Å². The van der Waals surface area contributed by atoms with Gasteiger partial charge in [-0.25, -0.2) is 13.2 Å². The number of methoxy groups -OCH3 is 1. The van der Waals surface area contributed by atoms with Gasteiger partial charge in [0.25, 0.3) is 0 Å². The molecule has 1 heterocycles. The van der Waals surface area contributed by atoms with Crippen molar-refractivity contribution in [2.24, 2.45) is 0 Å². The van der Waals surface area contributed by atoms with Crippen LogP contribution in [0.4, 0.5) is 13.2 Å². The predicted molar refractivity (Wildman–Crippen MR) is 85.1 cm³/mol. The number of carbonyl (C=O) groups is 1. The molecule has 0 radical (unpaired) electrons. The molecule has 0 saturated carbocycles. The van der Waals surface area contributed by atoms with Crippen LogP contribution in [-0.4, -0.2) is 23.7 Å². The van der Waals surface area contributed by atoms with Gasteiger partial charge >= 0.3 is 0 Å². The first kappa shape index (κ1) is 16.7. The number of thioether (sulfide) groups is 1. The molecule has 126 valence electrons. The van der Waals surface area contributed by atoms with Crippen molar-refractivity contribution in [3.8, 4) is 5.75 Å². The van der Waals surface area contributed by atoms with Crippen LogP contribution in [0.25, 0.3) is 0 Å². The van der Waals surface area contributed by atoms with E-state index in [2.05, 4.69) is 0 Å². The molecular weight excluding hydrogens is 339 g/mol. The molecule has 0 N–H and O–H groups in total. The number of ether oxygens (including phenoxy) is 1. The van der Waals surface area contributed by atoms with Gasteiger partial charge in [0.15, 0.2) is 17.5 Å². The molecule has 3 rings (SSSR count). The van der Waals surface area contributed by atoms with Crippen molar-refractivity contribution < 1.29 is 22.7 Å². The van der Waals surface area contributed by atoms with Gasteiger partial charge in [-0.1, -0.05) is 24.3 Å². The van der Waals surface area contributed by atoms with Gasteiger partial charge in [0.2, 0.25) is 5.91 Å². The highest BCUT2D eigenvalue weighted by molar-refractivity contribution is 8.00. The Bertz CT molecular complexity index is 784. The fourth-order valence-corrected chi connectivity index (χ4v) is 3.84. The Kier molecular flexibility index (Phi) is 4.71. The van der Waals surface area contributed by atoms with E-state index in [0.29, 0.717) is 5.75 Å². The summed E-state index contributed by atoms with van der Waals surface area (Å²) in [4.78, 5) is 13.6. The van der Waals surface area contributed by atoms with Crippen LogP contribution in [0.5, 0.6) is 5.75 Å². The van der Waals surface area contributed by atoms with Crippen LogP contribution >= 0.6 is 11.8 Å². The number of amides is 1. The number of hydrogen-bond donors (Lipinski definition) is 0. The summed E-state index contributed by atoms with van der Waals surface area (Å²) in [6.07, 6.45) is 0. The summed E-state index contributed by atoms with van der Waals surface area (Å²) in [6, 6.07) is 9.24. The Morgan fingerprint density at radius 3 is 2.67 bits per heavy atom. The lowest BCUT2D eigenvalue weighted by atomic mass is 10.1. The third kappa shape index (κ3) is 2.96. The number of nitrogens with zero attached hydrogens (tertiary/aromatic N) is 1. The number of benzene rings is 2. The zero-order valence-corrected chi connectivity index (χ0v) is 13.6. The highest BCUT2D eigenvalue weighted by Gasteiger charge is 2.35. The van der Waals surface area contributed by atoms with E-state index < -0.39 is 17.5 Å². The second kappa shape index (κ2) is 6.76. The van der Waals surface area contributed by atoms with Gasteiger partial charge in [-0.2, -0.15) is 0 Å². The molecule has 0 aliphatic carbocycles. The molecule has 1 unspecified atom stereocenters. The molecule has 0 bridgehead atoms. The van der Waals surface area contributed by atoms with E-state index >= 15 is 0 Å². The third-order valence-electron chi connectivity index (χ3n) is 3.83. The fourth-order valence-electron chi connectivity index (χ4n) is 2.62. The smallest absolute Gasteiger partial charge is 0.234 e. The number of carbonyl (C=O) groups excluding carboxylic acids is 1. The van der Waals surface area contributed by atoms with Gasteiger partial charge in [-0.05, 0) is 12.1 Å². The summed E-state index contributed by atoms with van der Waals surface area (Å²) >= 11 is 1.38. The number of rotatable bonds is 4. The molecule has 1 amide bonds. The lowest BCUT2D eigenvalue weighted by molar-refractivity contribution is -0.128. The van der Waals surface area contributed by atoms with Gasteiger partial charge in [0, 0.05) is 11.1 Å². The number of para-hydroxylation sites is 1. The summed E-state index contributed by atoms with van der Waals surface area (Å²) in [6.45, 7) is -0.141. The SMILES string of the molecule is COc1ccccc1C1SCC(=O)N1Cc1ccc(F)c(F)c1F. The Labute approximate surface area is 141 Å². The van der Waals surface area contributed by atoms with E-state index in [4.69, 9.17) is 4.74 Å². The van der Waals surface area contributed by atoms with Crippen LogP contribution < -0.4 is 4.74 Å². The van der Waals surface area contributed by atoms with Gasteiger partial charge in [0.05, 0.1) is 19.4 Å². The van der Waals surface area contributed by atoms with Gasteiger partial charge in [-0.3, -0.25) is 4.79 Å². The molecule has 0 spiro atoms. The van der Waals surface area contributed by atoms with Crippen molar-refractivity contribution in [2.75, 3.05) is 12.9 Å². The van der Waals surface area contributed by atoms with Crippen molar-refractivity contribution in [3.63, 3.8) is 0 Å². The summed E-state index contributed by atoms with van der Waals surface area (Å²) in [5.41, 5.74) is 0.712. The highest BCUT2D eigenvalue weighted by atomic mass is 32.2. The molecule has 1 aliphatic heterocycles. The van der Waals surface area contributed by atoms with Crippen LogP contribution in [0, 0.1) is 17.5 Å². The Morgan fingerprint density at radius 1 is 1.17 bits per heavy atom. The minimum Gasteiger partial charge on any atom is -0.496 e. The van der Waals surface area contributed by atoms with E-state index in [1.807, 2.05) is 18.2 Å². The van der Waals surface area contributed by atoms with Crippen LogP contribution in [0.15, 0.2) is 36.4 Å². The normalized spacial score (nSPS) is 17.4. The van der Waals surface area contributed by atoms with Gasteiger partial charge in [-0.15, -0.1) is 11.8 Å². The van der Waals surface area contributed by atoms with E-state index in [0.717, 1.165) is 17.7 Å². The number of hydrogen-bond acceptors (Lipinski definition) is 3. The average Bonchev–Trinajstić information content (AvgIpc) is 2.96. The maximum Gasteiger partial charge on any atom is 0.234 e. The highest BCUT2D eigenvalue weighted by Crippen LogP contribution is 2.43. The topological polar surface area (TPSA) is 29.5 Å².